The maximum Gasteiger partial charge on any atom is 0.338 e. The molecule has 0 saturated carbocycles. The second-order valence-corrected chi connectivity index (χ2v) is 9.91. The molecule has 42 heavy (non-hydrogen) atoms. The lowest BCUT2D eigenvalue weighted by Crippen LogP contribution is -2.45. The van der Waals surface area contributed by atoms with Crippen LogP contribution in [0, 0.1) is 5.82 Å². The molecule has 1 saturated heterocycles. The van der Waals surface area contributed by atoms with E-state index in [0.717, 1.165) is 25.2 Å². The van der Waals surface area contributed by atoms with E-state index in [1.165, 1.54) is 23.3 Å². The molecular weight excluding hydrogens is 543 g/mol. The first-order chi connectivity index (χ1) is 20.4. The predicted molar refractivity (Wildman–Crippen MR) is 154 cm³/mol. The molecular formula is C31H37FN4O6. The van der Waals surface area contributed by atoms with Gasteiger partial charge in [0.2, 0.25) is 5.91 Å². The Labute approximate surface area is 245 Å². The number of benzene rings is 2. The van der Waals surface area contributed by atoms with E-state index < -0.39 is 12.0 Å². The maximum absolute atomic E-state index is 13.7. The topological polar surface area (TPSA) is 105 Å². The van der Waals surface area contributed by atoms with Gasteiger partial charge in [-0.15, -0.1) is 0 Å². The zero-order valence-electron chi connectivity index (χ0n) is 23.8. The van der Waals surface area contributed by atoms with Crippen molar-refractivity contribution in [2.45, 2.75) is 26.4 Å². The molecule has 0 atom stereocenters. The van der Waals surface area contributed by atoms with Gasteiger partial charge in [-0.25, -0.2) is 14.0 Å². The van der Waals surface area contributed by atoms with Crippen LogP contribution in [-0.2, 0) is 27.4 Å². The number of ether oxygens (including phenoxy) is 2. The van der Waals surface area contributed by atoms with Crippen LogP contribution in [0.3, 0.4) is 0 Å². The number of halogens is 1. The van der Waals surface area contributed by atoms with Gasteiger partial charge < -0.3 is 29.0 Å². The summed E-state index contributed by atoms with van der Waals surface area (Å²) in [4.78, 5) is 44.4. The highest BCUT2D eigenvalue weighted by molar-refractivity contribution is 5.94. The molecule has 3 aromatic rings. The van der Waals surface area contributed by atoms with E-state index in [2.05, 4.69) is 10.2 Å². The Bertz CT molecular complexity index is 1280. The number of amides is 3. The molecule has 1 aliphatic rings. The first-order valence-corrected chi connectivity index (χ1v) is 14.1. The Kier molecular flexibility index (Phi) is 11.5. The van der Waals surface area contributed by atoms with Gasteiger partial charge in [0, 0.05) is 38.4 Å². The molecule has 4 rings (SSSR count). The standard InChI is InChI=1S/C31H37FN4O6/c1-2-41-30(38)25-8-12-27(13-9-25)33-31(39)35(15-4-14-34-16-19-40-20-17-34)23-29(37)36(22-28-5-3-18-42-28)21-24-6-10-26(32)11-7-24/h3,5-13,18H,2,4,14-17,19-23H2,1H3,(H,33,39). The van der Waals surface area contributed by atoms with E-state index in [1.54, 1.807) is 60.4 Å². The maximum atomic E-state index is 13.7. The summed E-state index contributed by atoms with van der Waals surface area (Å²) in [6.07, 6.45) is 2.20. The van der Waals surface area contributed by atoms with Gasteiger partial charge in [-0.3, -0.25) is 9.69 Å². The smallest absolute Gasteiger partial charge is 0.338 e. The average Bonchev–Trinajstić information content (AvgIpc) is 3.51. The van der Waals surface area contributed by atoms with E-state index in [9.17, 15) is 18.8 Å². The molecule has 0 spiro atoms. The summed E-state index contributed by atoms with van der Waals surface area (Å²) in [5.74, 6) is -0.491. The zero-order valence-corrected chi connectivity index (χ0v) is 23.8. The van der Waals surface area contributed by atoms with Crippen molar-refractivity contribution in [3.05, 3.63) is 89.6 Å². The number of carbonyl (C=O) groups excluding carboxylic acids is 3. The number of nitrogens with zero attached hydrogens (tertiary/aromatic N) is 3. The lowest BCUT2D eigenvalue weighted by atomic mass is 10.2. The van der Waals surface area contributed by atoms with Gasteiger partial charge in [-0.2, -0.15) is 0 Å². The van der Waals surface area contributed by atoms with E-state index in [-0.39, 0.29) is 38.0 Å². The number of nitrogens with one attached hydrogen (secondary N) is 1. The Morgan fingerprint density at radius 3 is 2.38 bits per heavy atom. The van der Waals surface area contributed by atoms with Crippen LogP contribution in [-0.4, -0.2) is 85.2 Å². The summed E-state index contributed by atoms with van der Waals surface area (Å²) in [6.45, 7) is 6.37. The second kappa shape index (κ2) is 15.7. The van der Waals surface area contributed by atoms with Crippen LogP contribution in [0.1, 0.15) is 35.0 Å². The van der Waals surface area contributed by atoms with E-state index in [0.29, 0.717) is 43.2 Å². The van der Waals surface area contributed by atoms with Crippen LogP contribution in [0.5, 0.6) is 0 Å². The number of morpholine rings is 1. The molecule has 1 aromatic heterocycles. The molecule has 0 aliphatic carbocycles. The van der Waals surface area contributed by atoms with Crippen LogP contribution in [0.4, 0.5) is 14.9 Å². The third-order valence-electron chi connectivity index (χ3n) is 6.83. The fraction of sp³-hybridized carbons (Fsp3) is 0.387. The first-order valence-electron chi connectivity index (χ1n) is 14.1. The van der Waals surface area contributed by atoms with Gasteiger partial charge in [0.1, 0.15) is 18.1 Å². The summed E-state index contributed by atoms with van der Waals surface area (Å²) >= 11 is 0. The Morgan fingerprint density at radius 2 is 1.71 bits per heavy atom. The van der Waals surface area contributed by atoms with Crippen LogP contribution < -0.4 is 5.32 Å². The second-order valence-electron chi connectivity index (χ2n) is 9.91. The lowest BCUT2D eigenvalue weighted by molar-refractivity contribution is -0.133. The monoisotopic (exact) mass is 580 g/mol. The van der Waals surface area contributed by atoms with Gasteiger partial charge in [-0.1, -0.05) is 12.1 Å². The third-order valence-corrected chi connectivity index (χ3v) is 6.83. The van der Waals surface area contributed by atoms with Crippen molar-refractivity contribution in [2.75, 3.05) is 57.9 Å². The fourth-order valence-electron chi connectivity index (χ4n) is 4.57. The van der Waals surface area contributed by atoms with Crippen LogP contribution >= 0.6 is 0 Å². The molecule has 2 aromatic carbocycles. The summed E-state index contributed by atoms with van der Waals surface area (Å²) in [6, 6.07) is 15.4. The normalized spacial score (nSPS) is 13.4. The molecule has 224 valence electrons. The summed E-state index contributed by atoms with van der Waals surface area (Å²) in [7, 11) is 0. The van der Waals surface area contributed by atoms with Crippen molar-refractivity contribution in [1.82, 2.24) is 14.7 Å². The third kappa shape index (κ3) is 9.42. The minimum atomic E-state index is -0.441. The van der Waals surface area contributed by atoms with Crippen molar-refractivity contribution in [3.8, 4) is 0 Å². The number of rotatable bonds is 13. The zero-order chi connectivity index (χ0) is 29.7. The van der Waals surface area contributed by atoms with Gasteiger partial charge >= 0.3 is 12.0 Å². The highest BCUT2D eigenvalue weighted by Crippen LogP contribution is 2.15. The summed E-state index contributed by atoms with van der Waals surface area (Å²) in [5.41, 5.74) is 1.61. The minimum absolute atomic E-state index is 0.169. The highest BCUT2D eigenvalue weighted by Gasteiger charge is 2.23. The molecule has 1 aliphatic heterocycles. The molecule has 1 fully saturated rings. The average molecular weight is 581 g/mol. The van der Waals surface area contributed by atoms with Crippen molar-refractivity contribution < 1.29 is 32.7 Å². The molecule has 1 N–H and O–H groups in total. The molecule has 10 nitrogen and oxygen atoms in total. The van der Waals surface area contributed by atoms with Gasteiger partial charge in [-0.05, 0) is 67.4 Å². The van der Waals surface area contributed by atoms with Gasteiger partial charge in [0.25, 0.3) is 0 Å². The number of furan rings is 1. The predicted octanol–water partition coefficient (Wildman–Crippen LogP) is 4.38. The number of esters is 1. The Balaban J connectivity index is 1.46. The highest BCUT2D eigenvalue weighted by atomic mass is 19.1. The largest absolute Gasteiger partial charge is 0.467 e. The lowest BCUT2D eigenvalue weighted by Gasteiger charge is -2.30. The number of hydrogen-bond acceptors (Lipinski definition) is 7. The number of urea groups is 1. The van der Waals surface area contributed by atoms with Crippen molar-refractivity contribution in [1.29, 1.82) is 0 Å². The number of carbonyl (C=O) groups is 3. The SMILES string of the molecule is CCOC(=O)c1ccc(NC(=O)N(CCCN2CCOCC2)CC(=O)N(Cc2ccc(F)cc2)Cc2ccco2)cc1. The number of hydrogen-bond donors (Lipinski definition) is 1. The summed E-state index contributed by atoms with van der Waals surface area (Å²) in [5, 5.41) is 2.84. The minimum Gasteiger partial charge on any atom is -0.467 e. The van der Waals surface area contributed by atoms with Gasteiger partial charge in [0.15, 0.2) is 0 Å². The van der Waals surface area contributed by atoms with Gasteiger partial charge in [0.05, 0.1) is 38.2 Å². The molecule has 11 heteroatoms. The van der Waals surface area contributed by atoms with Crippen molar-refractivity contribution >= 4 is 23.6 Å². The quantitative estimate of drug-likeness (QED) is 0.299. The molecule has 0 radical (unpaired) electrons. The first kappa shape index (κ1) is 30.7. The molecule has 2 heterocycles. The molecule has 0 bridgehead atoms. The Morgan fingerprint density at radius 1 is 0.976 bits per heavy atom. The van der Waals surface area contributed by atoms with Crippen LogP contribution in [0.15, 0.2) is 71.3 Å². The van der Waals surface area contributed by atoms with E-state index in [4.69, 9.17) is 13.9 Å². The Hall–Kier alpha value is -4.22. The van der Waals surface area contributed by atoms with E-state index in [1.807, 2.05) is 0 Å². The van der Waals surface area contributed by atoms with Crippen LogP contribution in [0.2, 0.25) is 0 Å². The van der Waals surface area contributed by atoms with Crippen molar-refractivity contribution in [2.24, 2.45) is 0 Å². The van der Waals surface area contributed by atoms with E-state index >= 15 is 0 Å². The molecule has 3 amide bonds. The fourth-order valence-corrected chi connectivity index (χ4v) is 4.57. The van der Waals surface area contributed by atoms with Crippen LogP contribution in [0.25, 0.3) is 0 Å². The molecule has 0 unspecified atom stereocenters. The van der Waals surface area contributed by atoms with Crippen molar-refractivity contribution in [3.63, 3.8) is 0 Å². The number of anilines is 1. The summed E-state index contributed by atoms with van der Waals surface area (Å²) < 4.78 is 29.4.